The van der Waals surface area contributed by atoms with Gasteiger partial charge in [-0.15, -0.1) is 5.92 Å². The van der Waals surface area contributed by atoms with E-state index >= 15 is 0 Å². The summed E-state index contributed by atoms with van der Waals surface area (Å²) in [4.78, 5) is 0. The van der Waals surface area contributed by atoms with E-state index in [2.05, 4.69) is 43.0 Å². The molecule has 2 aromatic carbocycles. The average molecular weight is 363 g/mol. The summed E-state index contributed by atoms with van der Waals surface area (Å²) in [6.45, 7) is 4.03. The number of rotatable bonds is 6. The van der Waals surface area contributed by atoms with Crippen molar-refractivity contribution in [2.24, 2.45) is 11.8 Å². The first kappa shape index (κ1) is 19.7. The molecule has 1 aliphatic carbocycles. The predicted molar refractivity (Wildman–Crippen MR) is 113 cm³/mol. The highest BCUT2D eigenvalue weighted by Crippen LogP contribution is 2.34. The highest BCUT2D eigenvalue weighted by Gasteiger charge is 2.20. The van der Waals surface area contributed by atoms with E-state index in [0.717, 1.165) is 29.4 Å². The van der Waals surface area contributed by atoms with E-state index in [1.54, 1.807) is 19.1 Å². The van der Waals surface area contributed by atoms with Gasteiger partial charge in [-0.3, -0.25) is 0 Å². The molecule has 1 fully saturated rings. The minimum absolute atomic E-state index is 0.246. The quantitative estimate of drug-likeness (QED) is 0.469. The van der Waals surface area contributed by atoms with Crippen LogP contribution in [0.3, 0.4) is 0 Å². The summed E-state index contributed by atoms with van der Waals surface area (Å²) in [5, 5.41) is 0. The third-order valence-electron chi connectivity index (χ3n) is 6.02. The van der Waals surface area contributed by atoms with E-state index in [-0.39, 0.29) is 5.82 Å². The van der Waals surface area contributed by atoms with E-state index in [1.165, 1.54) is 50.5 Å². The third-order valence-corrected chi connectivity index (χ3v) is 6.02. The first-order valence-electron chi connectivity index (χ1n) is 10.5. The molecule has 0 heterocycles. The Morgan fingerprint density at radius 1 is 0.889 bits per heavy atom. The largest absolute Gasteiger partial charge is 0.206 e. The zero-order valence-corrected chi connectivity index (χ0v) is 16.7. The van der Waals surface area contributed by atoms with Gasteiger partial charge in [0.15, 0.2) is 0 Å². The van der Waals surface area contributed by atoms with Crippen molar-refractivity contribution in [1.82, 2.24) is 0 Å². The topological polar surface area (TPSA) is 0 Å². The summed E-state index contributed by atoms with van der Waals surface area (Å²) in [5.74, 6) is 7.19. The average Bonchev–Trinajstić information content (AvgIpc) is 2.70. The molecule has 0 spiro atoms. The van der Waals surface area contributed by atoms with Gasteiger partial charge < -0.3 is 0 Å². The molecule has 1 saturated carbocycles. The summed E-state index contributed by atoms with van der Waals surface area (Å²) in [7, 11) is 0. The van der Waals surface area contributed by atoms with Crippen molar-refractivity contribution < 1.29 is 4.39 Å². The van der Waals surface area contributed by atoms with E-state index < -0.39 is 0 Å². The Bertz CT molecular complexity index is 783. The molecular formula is C26H31F. The monoisotopic (exact) mass is 362 g/mol. The Balaban J connectivity index is 1.55. The van der Waals surface area contributed by atoms with Crippen LogP contribution < -0.4 is 0 Å². The van der Waals surface area contributed by atoms with Gasteiger partial charge in [0.05, 0.1) is 5.56 Å². The van der Waals surface area contributed by atoms with Gasteiger partial charge >= 0.3 is 0 Å². The Labute approximate surface area is 164 Å². The molecule has 0 nitrogen and oxygen atoms in total. The van der Waals surface area contributed by atoms with Gasteiger partial charge in [0.25, 0.3) is 0 Å². The van der Waals surface area contributed by atoms with Crippen LogP contribution in [-0.2, 0) is 6.42 Å². The highest BCUT2D eigenvalue weighted by molar-refractivity contribution is 5.65. The maximum atomic E-state index is 14.1. The number of hydrogen-bond donors (Lipinski definition) is 0. The van der Waals surface area contributed by atoms with Crippen LogP contribution in [0.25, 0.3) is 11.1 Å². The zero-order chi connectivity index (χ0) is 19.1. The molecule has 0 atom stereocenters. The first-order valence-corrected chi connectivity index (χ1v) is 10.5. The Morgan fingerprint density at radius 3 is 2.11 bits per heavy atom. The second kappa shape index (κ2) is 9.75. The first-order chi connectivity index (χ1) is 13.2. The molecule has 0 unspecified atom stereocenters. The molecule has 1 heteroatoms. The van der Waals surface area contributed by atoms with Crippen molar-refractivity contribution in [3.8, 4) is 23.0 Å². The minimum atomic E-state index is -0.246. The van der Waals surface area contributed by atoms with Crippen molar-refractivity contribution in [2.45, 2.75) is 65.2 Å². The van der Waals surface area contributed by atoms with Crippen LogP contribution in [0.2, 0.25) is 0 Å². The van der Waals surface area contributed by atoms with Crippen LogP contribution in [0.1, 0.15) is 69.9 Å². The van der Waals surface area contributed by atoms with E-state index in [0.29, 0.717) is 5.56 Å². The molecule has 142 valence electrons. The molecule has 27 heavy (non-hydrogen) atoms. The van der Waals surface area contributed by atoms with Crippen molar-refractivity contribution in [3.05, 3.63) is 59.4 Å². The van der Waals surface area contributed by atoms with Crippen LogP contribution in [-0.4, -0.2) is 0 Å². The molecule has 0 bridgehead atoms. The summed E-state index contributed by atoms with van der Waals surface area (Å²) in [6, 6.07) is 14.0. The van der Waals surface area contributed by atoms with Crippen LogP contribution in [0.4, 0.5) is 4.39 Å². The second-order valence-corrected chi connectivity index (χ2v) is 7.98. The predicted octanol–water partition coefficient (Wildman–Crippen LogP) is 7.40. The molecule has 0 saturated heterocycles. The van der Waals surface area contributed by atoms with Crippen molar-refractivity contribution in [1.29, 1.82) is 0 Å². The second-order valence-electron chi connectivity index (χ2n) is 7.98. The van der Waals surface area contributed by atoms with Crippen LogP contribution in [0, 0.1) is 29.5 Å². The van der Waals surface area contributed by atoms with Gasteiger partial charge in [-0.05, 0) is 60.4 Å². The lowest BCUT2D eigenvalue weighted by atomic mass is 9.78. The number of benzene rings is 2. The van der Waals surface area contributed by atoms with Crippen LogP contribution >= 0.6 is 0 Å². The normalized spacial score (nSPS) is 19.4. The van der Waals surface area contributed by atoms with Crippen molar-refractivity contribution in [3.63, 3.8) is 0 Å². The maximum absolute atomic E-state index is 14.1. The van der Waals surface area contributed by atoms with Gasteiger partial charge in [0.1, 0.15) is 5.82 Å². The van der Waals surface area contributed by atoms with E-state index in [1.807, 2.05) is 6.07 Å². The number of halogens is 1. The molecule has 0 N–H and O–H groups in total. The van der Waals surface area contributed by atoms with Gasteiger partial charge in [-0.2, -0.15) is 0 Å². The van der Waals surface area contributed by atoms with Crippen molar-refractivity contribution in [2.75, 3.05) is 0 Å². The Hall–Kier alpha value is -2.07. The SMILES string of the molecule is CC#Cc1ccc(-c2ccc(CCC3CCC(CCC)CC3)cc2)cc1F. The van der Waals surface area contributed by atoms with E-state index in [9.17, 15) is 4.39 Å². The summed E-state index contributed by atoms with van der Waals surface area (Å²) >= 11 is 0. The third kappa shape index (κ3) is 5.46. The number of aryl methyl sites for hydroxylation is 1. The van der Waals surface area contributed by atoms with E-state index in [4.69, 9.17) is 0 Å². The standard InChI is InChI=1S/C26H31F/c1-3-5-20-7-9-21(10-8-20)11-12-22-13-15-23(16-14-22)25-18-17-24(6-4-2)26(27)19-25/h13-21H,3,5,7-12H2,1-2H3. The molecule has 0 radical (unpaired) electrons. The fraction of sp³-hybridized carbons (Fsp3) is 0.462. The van der Waals surface area contributed by atoms with Crippen LogP contribution in [0.5, 0.6) is 0 Å². The molecule has 2 aromatic rings. The maximum Gasteiger partial charge on any atom is 0.139 e. The van der Waals surface area contributed by atoms with Gasteiger partial charge in [-0.25, -0.2) is 4.39 Å². The molecule has 0 amide bonds. The molecule has 0 aliphatic heterocycles. The summed E-state index contributed by atoms with van der Waals surface area (Å²) in [5.41, 5.74) is 3.83. The summed E-state index contributed by atoms with van der Waals surface area (Å²) in [6.07, 6.45) is 10.9. The van der Waals surface area contributed by atoms with Crippen LogP contribution in [0.15, 0.2) is 42.5 Å². The molecule has 0 aromatic heterocycles. The van der Waals surface area contributed by atoms with Gasteiger partial charge in [0, 0.05) is 0 Å². The lowest BCUT2D eigenvalue weighted by Gasteiger charge is -2.28. The minimum Gasteiger partial charge on any atom is -0.206 e. The Kier molecular flexibility index (Phi) is 7.11. The molecular weight excluding hydrogens is 331 g/mol. The summed E-state index contributed by atoms with van der Waals surface area (Å²) < 4.78 is 14.1. The molecule has 1 aliphatic rings. The smallest absolute Gasteiger partial charge is 0.139 e. The highest BCUT2D eigenvalue weighted by atomic mass is 19.1. The zero-order valence-electron chi connectivity index (χ0n) is 16.7. The molecule has 3 rings (SSSR count). The van der Waals surface area contributed by atoms with Crippen molar-refractivity contribution >= 4 is 0 Å². The van der Waals surface area contributed by atoms with Gasteiger partial charge in [0.2, 0.25) is 0 Å². The lowest BCUT2D eigenvalue weighted by Crippen LogP contribution is -2.15. The Morgan fingerprint density at radius 2 is 1.52 bits per heavy atom. The lowest BCUT2D eigenvalue weighted by molar-refractivity contribution is 0.252. The fourth-order valence-electron chi connectivity index (χ4n) is 4.38. The fourth-order valence-corrected chi connectivity index (χ4v) is 4.38. The number of hydrogen-bond acceptors (Lipinski definition) is 0. The van der Waals surface area contributed by atoms with Gasteiger partial charge in [-0.1, -0.05) is 81.7 Å².